The molecule has 0 spiro atoms. The van der Waals surface area contributed by atoms with Gasteiger partial charge in [-0.15, -0.1) is 0 Å². The molecular weight excluding hydrogens is 83.0 g/mol. The van der Waals surface area contributed by atoms with E-state index in [1.54, 1.807) is 0 Å². The highest BCUT2D eigenvalue weighted by Crippen LogP contribution is 2.14. The average Bonchev–Trinajstić information content (AvgIpc) is 1.86. The van der Waals surface area contributed by atoms with E-state index in [0.29, 0.717) is 13.0 Å². The van der Waals surface area contributed by atoms with Crippen molar-refractivity contribution in [1.29, 1.82) is 0 Å². The first-order valence-corrected chi connectivity index (χ1v) is 1.97. The van der Waals surface area contributed by atoms with E-state index in [1.807, 2.05) is 0 Å². The van der Waals surface area contributed by atoms with Crippen LogP contribution in [0, 0.1) is 6.17 Å². The van der Waals surface area contributed by atoms with Crippen molar-refractivity contribution in [3.8, 4) is 0 Å². The zero-order valence-electron chi connectivity index (χ0n) is 3.41. The van der Waals surface area contributed by atoms with Gasteiger partial charge in [0.2, 0.25) is 0 Å². The number of hydrogen-bond acceptors (Lipinski definition) is 1. The Labute approximate surface area is 36.1 Å². The Morgan fingerprint density at radius 1 is 1.67 bits per heavy atom. The van der Waals surface area contributed by atoms with Gasteiger partial charge in [0, 0.05) is 13.0 Å². The van der Waals surface area contributed by atoms with Crippen LogP contribution in [0.4, 0.5) is 4.39 Å². The lowest BCUT2D eigenvalue weighted by atomic mass is 10.4. The van der Waals surface area contributed by atoms with E-state index >= 15 is 0 Å². The molecule has 0 amide bonds. The van der Waals surface area contributed by atoms with Crippen molar-refractivity contribution < 1.29 is 9.13 Å². The summed E-state index contributed by atoms with van der Waals surface area (Å²) in [4.78, 5) is 0. The third kappa shape index (κ3) is 0.684. The van der Waals surface area contributed by atoms with Crippen LogP contribution in [0.5, 0.6) is 0 Å². The summed E-state index contributed by atoms with van der Waals surface area (Å²) in [6, 6.07) is 0. The molecule has 1 saturated heterocycles. The van der Waals surface area contributed by atoms with Gasteiger partial charge in [-0.3, -0.25) is 0 Å². The fraction of sp³-hybridized carbons (Fsp3) is 0.750. The van der Waals surface area contributed by atoms with Crippen LogP contribution in [0.15, 0.2) is 0 Å². The fourth-order valence-corrected chi connectivity index (χ4v) is 0.438. The average molecular weight is 89.1 g/mol. The maximum absolute atomic E-state index is 11.7. The first kappa shape index (κ1) is 4.06. The minimum atomic E-state index is -0.0185. The minimum absolute atomic E-state index is 0.0185. The number of halogens is 1. The molecule has 0 bridgehead atoms. The van der Waals surface area contributed by atoms with E-state index in [-0.39, 0.29) is 12.8 Å². The molecule has 35 valence electrons. The summed E-state index contributed by atoms with van der Waals surface area (Å²) in [5.41, 5.74) is 0. The van der Waals surface area contributed by atoms with Crippen molar-refractivity contribution in [1.82, 2.24) is 0 Å². The molecule has 0 aromatic heterocycles. The van der Waals surface area contributed by atoms with Gasteiger partial charge in [-0.25, -0.2) is 4.39 Å². The highest BCUT2D eigenvalue weighted by Gasteiger charge is 2.13. The normalized spacial score (nSPS) is 25.5. The molecular formula is C4H6FO. The van der Waals surface area contributed by atoms with Gasteiger partial charge < -0.3 is 4.74 Å². The number of rotatable bonds is 0. The van der Waals surface area contributed by atoms with Gasteiger partial charge in [0.25, 0.3) is 0 Å². The quantitative estimate of drug-likeness (QED) is 0.428. The smallest absolute Gasteiger partial charge is 0.172 e. The Morgan fingerprint density at radius 2 is 2.50 bits per heavy atom. The highest BCUT2D eigenvalue weighted by molar-refractivity contribution is 4.79. The zero-order valence-corrected chi connectivity index (χ0v) is 3.41. The monoisotopic (exact) mass is 89.0 g/mol. The molecule has 1 nitrogen and oxygen atoms in total. The van der Waals surface area contributed by atoms with Gasteiger partial charge >= 0.3 is 0 Å². The van der Waals surface area contributed by atoms with Crippen molar-refractivity contribution in [3.63, 3.8) is 0 Å². The molecule has 0 aromatic rings. The fourth-order valence-electron chi connectivity index (χ4n) is 0.438. The van der Waals surface area contributed by atoms with E-state index in [9.17, 15) is 4.39 Å². The van der Waals surface area contributed by atoms with Gasteiger partial charge in [-0.2, -0.15) is 0 Å². The number of ether oxygens (including phenoxy) is 1. The number of hydrogen-bond donors (Lipinski definition) is 0. The lowest BCUT2D eigenvalue weighted by Gasteiger charge is -1.82. The van der Waals surface area contributed by atoms with Crippen LogP contribution in [-0.2, 0) is 4.74 Å². The van der Waals surface area contributed by atoms with Crippen molar-refractivity contribution >= 4 is 0 Å². The van der Waals surface area contributed by atoms with Crippen molar-refractivity contribution in [2.75, 3.05) is 13.2 Å². The molecule has 1 rings (SSSR count). The van der Waals surface area contributed by atoms with Crippen LogP contribution in [0.1, 0.15) is 6.42 Å². The van der Waals surface area contributed by atoms with Gasteiger partial charge in [0.1, 0.15) is 0 Å². The van der Waals surface area contributed by atoms with Crippen LogP contribution in [-0.4, -0.2) is 13.2 Å². The van der Waals surface area contributed by atoms with Crippen LogP contribution in [0.3, 0.4) is 0 Å². The van der Waals surface area contributed by atoms with E-state index in [2.05, 4.69) is 4.74 Å². The molecule has 0 saturated carbocycles. The molecule has 0 atom stereocenters. The maximum atomic E-state index is 11.7. The summed E-state index contributed by atoms with van der Waals surface area (Å²) in [6.45, 7) is 0.811. The molecule has 0 unspecified atom stereocenters. The molecule has 1 aliphatic heterocycles. The Hall–Kier alpha value is -0.110. The molecule has 0 N–H and O–H groups in total. The van der Waals surface area contributed by atoms with Crippen molar-refractivity contribution in [3.05, 3.63) is 6.17 Å². The second-order valence-corrected chi connectivity index (χ2v) is 1.32. The first-order chi connectivity index (χ1) is 2.89. The standard InChI is InChI=1S/C4H6FO/c5-4-1-2-6-3-4/h1-3H2. The molecule has 1 radical (unpaired) electrons. The Kier molecular flexibility index (Phi) is 1.05. The molecule has 1 heterocycles. The zero-order chi connectivity index (χ0) is 4.41. The summed E-state index contributed by atoms with van der Waals surface area (Å²) < 4.78 is 16.4. The van der Waals surface area contributed by atoms with Gasteiger partial charge in [-0.05, 0) is 0 Å². The summed E-state index contributed by atoms with van der Waals surface area (Å²) in [5, 5.41) is 0. The minimum Gasteiger partial charge on any atom is -0.378 e. The third-order valence-electron chi connectivity index (χ3n) is 0.776. The molecule has 2 heteroatoms. The van der Waals surface area contributed by atoms with Crippen molar-refractivity contribution in [2.24, 2.45) is 0 Å². The molecule has 0 aromatic carbocycles. The molecule has 6 heavy (non-hydrogen) atoms. The Balaban J connectivity index is 2.18. The third-order valence-corrected chi connectivity index (χ3v) is 0.776. The SMILES string of the molecule is F[C]1CCOC1. The lowest BCUT2D eigenvalue weighted by Crippen LogP contribution is -1.82. The van der Waals surface area contributed by atoms with Crippen LogP contribution in [0.2, 0.25) is 0 Å². The van der Waals surface area contributed by atoms with Gasteiger partial charge in [-0.1, -0.05) is 0 Å². The lowest BCUT2D eigenvalue weighted by molar-refractivity contribution is 0.192. The second kappa shape index (κ2) is 1.56. The van der Waals surface area contributed by atoms with E-state index in [0.717, 1.165) is 0 Å². The van der Waals surface area contributed by atoms with Gasteiger partial charge in [0.05, 0.1) is 6.61 Å². The predicted molar refractivity (Wildman–Crippen MR) is 19.8 cm³/mol. The van der Waals surface area contributed by atoms with E-state index in [4.69, 9.17) is 0 Å². The summed E-state index contributed by atoms with van der Waals surface area (Å²) in [5.74, 6) is 0. The summed E-state index contributed by atoms with van der Waals surface area (Å²) in [7, 11) is 0. The van der Waals surface area contributed by atoms with E-state index in [1.165, 1.54) is 0 Å². The predicted octanol–water partition coefficient (Wildman–Crippen LogP) is 0.908. The Bertz CT molecular complexity index is 40.8. The topological polar surface area (TPSA) is 9.23 Å². The maximum Gasteiger partial charge on any atom is 0.172 e. The molecule has 1 aliphatic rings. The van der Waals surface area contributed by atoms with Crippen LogP contribution in [0.25, 0.3) is 0 Å². The summed E-state index contributed by atoms with van der Waals surface area (Å²) >= 11 is 0. The van der Waals surface area contributed by atoms with Crippen LogP contribution >= 0.6 is 0 Å². The molecule has 1 fully saturated rings. The van der Waals surface area contributed by atoms with Crippen molar-refractivity contribution in [2.45, 2.75) is 6.42 Å². The largest absolute Gasteiger partial charge is 0.378 e. The van der Waals surface area contributed by atoms with Gasteiger partial charge in [0.15, 0.2) is 6.17 Å². The Morgan fingerprint density at radius 3 is 2.67 bits per heavy atom. The second-order valence-electron chi connectivity index (χ2n) is 1.32. The van der Waals surface area contributed by atoms with E-state index < -0.39 is 0 Å². The van der Waals surface area contributed by atoms with Crippen LogP contribution < -0.4 is 0 Å². The first-order valence-electron chi connectivity index (χ1n) is 1.97. The molecule has 0 aliphatic carbocycles. The highest BCUT2D eigenvalue weighted by atomic mass is 19.1. The summed E-state index contributed by atoms with van der Waals surface area (Å²) in [6.07, 6.45) is 0.495.